The number of nitrogens with two attached hydrogens (primary N) is 2. The van der Waals surface area contributed by atoms with Gasteiger partial charge in [0, 0.05) is 34.7 Å². The zero-order valence-corrected chi connectivity index (χ0v) is 58.6. The molecule has 7 amide bonds. The van der Waals surface area contributed by atoms with Crippen molar-refractivity contribution in [2.24, 2.45) is 28.3 Å². The van der Waals surface area contributed by atoms with E-state index in [2.05, 4.69) is 36.9 Å². The van der Waals surface area contributed by atoms with E-state index in [4.69, 9.17) is 63.1 Å². The molecule has 18 atom stereocenters. The molecule has 0 aromatic heterocycles. The second-order valence-corrected chi connectivity index (χ2v) is 28.2. The van der Waals surface area contributed by atoms with Crippen molar-refractivity contribution in [1.29, 1.82) is 0 Å². The van der Waals surface area contributed by atoms with Crippen LogP contribution >= 0.6 is 23.2 Å². The summed E-state index contributed by atoms with van der Waals surface area (Å²) >= 11 is 14.2. The number of aromatic hydroxyl groups is 3. The van der Waals surface area contributed by atoms with Gasteiger partial charge in [-0.05, 0) is 122 Å². The summed E-state index contributed by atoms with van der Waals surface area (Å²) in [7, 11) is 0. The third-order valence-electron chi connectivity index (χ3n) is 18.3. The molecular weight excluding hydrogens is 1420 g/mol. The molecule has 7 aliphatic heterocycles. The third-order valence-corrected chi connectivity index (χ3v) is 18.9. The van der Waals surface area contributed by atoms with Gasteiger partial charge in [-0.1, -0.05) is 69.1 Å². The van der Waals surface area contributed by atoms with Crippen molar-refractivity contribution in [2.45, 2.75) is 176 Å². The van der Waals surface area contributed by atoms with Crippen LogP contribution in [-0.2, 0) is 52.6 Å². The summed E-state index contributed by atoms with van der Waals surface area (Å²) in [6.07, 6.45) is -16.7. The van der Waals surface area contributed by atoms with Crippen LogP contribution in [-0.4, -0.2) is 190 Å². The van der Waals surface area contributed by atoms with E-state index in [1.165, 1.54) is 26.0 Å². The fourth-order valence-electron chi connectivity index (χ4n) is 12.7. The fraction of sp³-hybridized carbons (Fsp3) is 0.443. The summed E-state index contributed by atoms with van der Waals surface area (Å²) < 4.78 is 38.4. The van der Waals surface area contributed by atoms with E-state index in [1.807, 2.05) is 27.7 Å². The number of halogens is 2. The molecule has 5 aromatic carbocycles. The lowest BCUT2D eigenvalue weighted by atomic mass is 9.86. The van der Waals surface area contributed by atoms with Gasteiger partial charge in [-0.25, -0.2) is 4.79 Å². The highest BCUT2D eigenvalue weighted by Gasteiger charge is 2.52. The number of fused-ring (bicyclic) bond motifs is 15. The number of phenols is 3. The van der Waals surface area contributed by atoms with Crippen molar-refractivity contribution in [2.75, 3.05) is 6.61 Å². The molecule has 33 nitrogen and oxygen atoms in total. The average molecular weight is 1500 g/mol. The molecule has 105 heavy (non-hydrogen) atoms. The summed E-state index contributed by atoms with van der Waals surface area (Å²) in [5.74, 6) is -16.0. The Morgan fingerprint density at radius 2 is 1.32 bits per heavy atom. The van der Waals surface area contributed by atoms with Crippen molar-refractivity contribution >= 4 is 76.7 Å². The van der Waals surface area contributed by atoms with E-state index in [0.717, 1.165) is 66.7 Å². The van der Waals surface area contributed by atoms with Crippen LogP contribution in [0.2, 0.25) is 10.0 Å². The molecule has 0 unspecified atom stereocenters. The number of nitrogens with zero attached hydrogens (tertiary/aromatic N) is 1. The van der Waals surface area contributed by atoms with Gasteiger partial charge < -0.3 is 123 Å². The van der Waals surface area contributed by atoms with Crippen LogP contribution in [0.4, 0.5) is 0 Å². The minimum Gasteiger partial charge on any atom is -0.508 e. The number of primary amides is 1. The van der Waals surface area contributed by atoms with Crippen LogP contribution < -0.4 is 57.6 Å². The second-order valence-electron chi connectivity index (χ2n) is 27.4. The molecule has 7 aliphatic rings. The summed E-state index contributed by atoms with van der Waals surface area (Å²) in [5, 5.41) is 128. The first-order valence-corrected chi connectivity index (χ1v) is 34.1. The van der Waals surface area contributed by atoms with E-state index < -0.39 is 237 Å². The Bertz CT molecular complexity index is 4220. The molecule has 0 radical (unpaired) electrons. The highest BCUT2D eigenvalue weighted by atomic mass is 35.5. The van der Waals surface area contributed by atoms with E-state index in [1.54, 1.807) is 6.21 Å². The highest BCUT2D eigenvalue weighted by Crippen LogP contribution is 2.50. The number of benzene rings is 5. The van der Waals surface area contributed by atoms with Crippen molar-refractivity contribution in [3.05, 3.63) is 117 Å². The van der Waals surface area contributed by atoms with Crippen LogP contribution in [0.25, 0.3) is 11.1 Å². The lowest BCUT2D eigenvalue weighted by Crippen LogP contribution is -2.64. The molecule has 564 valence electrons. The maximum Gasteiger partial charge on any atom is 0.330 e. The molecule has 11 bridgehead atoms. The summed E-state index contributed by atoms with van der Waals surface area (Å²) in [6.45, 7) is 9.50. The van der Waals surface area contributed by atoms with E-state index in [-0.39, 0.29) is 52.1 Å². The van der Waals surface area contributed by atoms with Gasteiger partial charge in [-0.3, -0.25) is 38.6 Å². The highest BCUT2D eigenvalue weighted by molar-refractivity contribution is 6.32. The maximum absolute atomic E-state index is 16.1. The predicted molar refractivity (Wildman–Crippen MR) is 368 cm³/mol. The first kappa shape index (κ1) is 78.1. The largest absolute Gasteiger partial charge is 0.508 e. The Morgan fingerprint density at radius 1 is 0.714 bits per heavy atom. The number of carboxylic acids is 1. The molecule has 7 heterocycles. The van der Waals surface area contributed by atoms with E-state index >= 15 is 19.2 Å². The van der Waals surface area contributed by atoms with Crippen LogP contribution in [0.5, 0.6) is 46.0 Å². The van der Waals surface area contributed by atoms with E-state index in [9.17, 15) is 70.2 Å². The number of nitrogens with one attached hydrogen (secondary N) is 6. The fourth-order valence-corrected chi connectivity index (χ4v) is 13.2. The maximum atomic E-state index is 16.1. The predicted octanol–water partition coefficient (Wildman–Crippen LogP) is 2.00. The molecular formula is C70H81Cl2N9O24. The molecule has 0 saturated carbocycles. The van der Waals surface area contributed by atoms with Crippen molar-refractivity contribution in [1.82, 2.24) is 31.9 Å². The Balaban J connectivity index is 1.23. The number of hydrogen-bond donors (Lipinski definition) is 18. The first-order chi connectivity index (χ1) is 49.5. The smallest absolute Gasteiger partial charge is 0.330 e. The lowest BCUT2D eigenvalue weighted by Gasteiger charge is -2.47. The van der Waals surface area contributed by atoms with Crippen molar-refractivity contribution in [3.63, 3.8) is 0 Å². The zero-order valence-electron chi connectivity index (χ0n) is 57.1. The molecule has 20 N–H and O–H groups in total. The second kappa shape index (κ2) is 32.1. The van der Waals surface area contributed by atoms with Crippen molar-refractivity contribution < 1.29 is 118 Å². The Morgan fingerprint density at radius 3 is 1.91 bits per heavy atom. The number of carboxylic acid groups (broad SMARTS) is 1. The molecule has 5 aromatic rings. The summed E-state index contributed by atoms with van der Waals surface area (Å²) in [4.78, 5) is 122. The Labute approximate surface area is 609 Å². The van der Waals surface area contributed by atoms with Crippen LogP contribution in [0.1, 0.15) is 125 Å². The molecule has 0 aliphatic carbocycles. The number of aliphatic imine (C=N–C) groups is 1. The van der Waals surface area contributed by atoms with Crippen molar-refractivity contribution in [3.8, 4) is 57.1 Å². The lowest BCUT2D eigenvalue weighted by molar-refractivity contribution is -0.333. The van der Waals surface area contributed by atoms with Crippen LogP contribution in [0.15, 0.2) is 83.9 Å². The number of amides is 7. The molecule has 35 heteroatoms. The standard InChI is InChI=1S/C70H81Cl2N9O24/c1-26(2)13-14-75-38(15-27(3)4)62(92)80-53-55(87)30-8-11-42(36(71)17-30)101-44-19-32-20-45(59(44)105-69-60(58(90)57(89)46(25-82)103-69)104-48-24-70(6,74)61(91)28(5)100-48)102-43-12-9-31(18-37(43)72)56(88)54-67(97)79-52(68(98)99)35-21-33(83)22-41(85)49(35)34-16-29(7-10-40(34)84)50(64(94)81-54)78-65(95)51(32)77-63(93)39(23-47(73)86)76-66(53)96/h7-12,14,16-22,26-28,38-39,46,48,50-58,60-61,69,82-85,87-91H,13,15,23-25,74H2,1-6H3,(H2,73,86)(H,76,96)(H,77,93)(H,78,95)(H,79,97)(H,80,92)(H,81,94)(H,98,99)/t28-,38+,39-,46+,48-,50+,51-,52-,53+,54-,55+,56+,57+,58-,60+,61+,69-,70-/m0/s1. The number of carbonyl (C=O) groups is 8. The molecule has 12 rings (SSSR count). The number of aliphatic hydroxyl groups is 6. The molecule has 2 saturated heterocycles. The quantitative estimate of drug-likeness (QED) is 0.0667. The number of phenolic OH excluding ortho intramolecular Hbond substituents is 3. The third kappa shape index (κ3) is 17.3. The van der Waals surface area contributed by atoms with E-state index in [0.29, 0.717) is 6.42 Å². The van der Waals surface area contributed by atoms with Crippen LogP contribution in [0.3, 0.4) is 0 Å². The average Bonchev–Trinajstić information content (AvgIpc) is 0.767. The molecule has 2 fully saturated rings. The minimum absolute atomic E-state index is 0.120. The first-order valence-electron chi connectivity index (χ1n) is 33.3. The topological polar surface area (TPSA) is 531 Å². The van der Waals surface area contributed by atoms with Gasteiger partial charge in [0.2, 0.25) is 53.4 Å². The number of aliphatic hydroxyl groups excluding tert-OH is 6. The summed E-state index contributed by atoms with van der Waals surface area (Å²) in [6, 6.07) is -0.915. The number of carbonyl (C=O) groups excluding carboxylic acids is 7. The number of rotatable bonds is 15. The number of ether oxygens (including phenoxy) is 6. The van der Waals surface area contributed by atoms with Crippen LogP contribution in [0, 0.1) is 11.8 Å². The normalized spacial score (nSPS) is 28.9. The van der Waals surface area contributed by atoms with Gasteiger partial charge in [0.1, 0.15) is 95.5 Å². The Kier molecular flexibility index (Phi) is 23.9. The van der Waals surface area contributed by atoms with Gasteiger partial charge in [-0.15, -0.1) is 0 Å². The zero-order chi connectivity index (χ0) is 76.5. The Hall–Kier alpha value is -9.49. The minimum atomic E-state index is -2.36. The number of aliphatic carboxylic acids is 1. The van der Waals surface area contributed by atoms with Gasteiger partial charge in [0.15, 0.2) is 29.9 Å². The van der Waals surface area contributed by atoms with Gasteiger partial charge in [-0.2, -0.15) is 0 Å². The molecule has 0 spiro atoms. The SMILES string of the molecule is CC(C)CC=N[C@H](CC(C)C)C(=O)N[C@H]1C(=O)N[C@@H](CC(N)=O)C(=O)N[C@@H]2C(=O)N[C@H]3C(=O)N[C@H](C(=O)N[C@H](C(=O)O)c4cc(O)cc(O)c4-c4cc3ccc4O)[C@H](O)c3ccc(c(Cl)c3)Oc3cc2cc(c3O[C@@H]2O[C@H](CO)[C@@H](O)[C@H](O)[C@H]2O[C@H]2C[C@](C)(N)[C@H](O)[C@H](C)O2)Oc2ccc(cc2Cl)[C@H]1O. The summed E-state index contributed by atoms with van der Waals surface area (Å²) in [5.41, 5.74) is 8.03. The van der Waals surface area contributed by atoms with Gasteiger partial charge in [0.05, 0.1) is 35.3 Å². The monoisotopic (exact) mass is 1500 g/mol. The van der Waals surface area contributed by atoms with Gasteiger partial charge >= 0.3 is 5.97 Å². The van der Waals surface area contributed by atoms with Gasteiger partial charge in [0.25, 0.3) is 0 Å². The number of hydrogen-bond acceptors (Lipinski definition) is 25.